The van der Waals surface area contributed by atoms with Gasteiger partial charge in [0.15, 0.2) is 0 Å². The number of aromatic nitrogens is 1. The Morgan fingerprint density at radius 1 is 0.690 bits per heavy atom. The maximum atomic E-state index is 3.71. The third-order valence-corrected chi connectivity index (χ3v) is 8.01. The summed E-state index contributed by atoms with van der Waals surface area (Å²) in [5.74, 6) is 0. The molecule has 4 aromatic carbocycles. The minimum Gasteiger partial charge on any atom is -0.354 e. The van der Waals surface area contributed by atoms with Crippen molar-refractivity contribution >= 4 is 53.3 Å². The van der Waals surface area contributed by atoms with E-state index in [1.165, 1.54) is 64.2 Å². The van der Waals surface area contributed by atoms with Crippen molar-refractivity contribution in [2.75, 3.05) is 0 Å². The van der Waals surface area contributed by atoms with Crippen molar-refractivity contribution in [3.8, 4) is 11.1 Å². The van der Waals surface area contributed by atoms with Crippen LogP contribution in [0.1, 0.15) is 25.0 Å². The van der Waals surface area contributed by atoms with Crippen molar-refractivity contribution < 1.29 is 0 Å². The third kappa shape index (κ3) is 1.86. The summed E-state index contributed by atoms with van der Waals surface area (Å²) in [6.45, 7) is 4.71. The van der Waals surface area contributed by atoms with Crippen molar-refractivity contribution in [2.45, 2.75) is 19.3 Å². The molecule has 1 nitrogen and oxygen atoms in total. The molecule has 29 heavy (non-hydrogen) atoms. The van der Waals surface area contributed by atoms with Crippen LogP contribution in [-0.4, -0.2) is 4.98 Å². The first-order valence-corrected chi connectivity index (χ1v) is 10.9. The molecular weight excluding hydrogens is 370 g/mol. The third-order valence-electron chi connectivity index (χ3n) is 6.81. The van der Waals surface area contributed by atoms with Gasteiger partial charge in [-0.25, -0.2) is 0 Å². The monoisotopic (exact) mass is 389 g/mol. The molecule has 1 aliphatic carbocycles. The molecule has 138 valence electrons. The number of benzene rings is 4. The number of hydrogen-bond acceptors (Lipinski definition) is 1. The van der Waals surface area contributed by atoms with E-state index in [0.717, 1.165) is 0 Å². The maximum absolute atomic E-state index is 3.71. The van der Waals surface area contributed by atoms with Gasteiger partial charge in [0.05, 0.1) is 0 Å². The van der Waals surface area contributed by atoms with Gasteiger partial charge in [-0.05, 0) is 46.5 Å². The van der Waals surface area contributed by atoms with E-state index in [2.05, 4.69) is 91.6 Å². The van der Waals surface area contributed by atoms with Crippen LogP contribution in [-0.2, 0) is 5.41 Å². The van der Waals surface area contributed by atoms with Crippen LogP contribution in [0.25, 0.3) is 53.1 Å². The highest BCUT2D eigenvalue weighted by molar-refractivity contribution is 7.26. The smallest absolute Gasteiger partial charge is 0.0479 e. The fourth-order valence-electron chi connectivity index (χ4n) is 5.36. The Morgan fingerprint density at radius 2 is 1.52 bits per heavy atom. The van der Waals surface area contributed by atoms with Gasteiger partial charge in [0.2, 0.25) is 0 Å². The molecule has 0 unspecified atom stereocenters. The van der Waals surface area contributed by atoms with Crippen LogP contribution in [0.4, 0.5) is 0 Å². The second-order valence-electron chi connectivity index (χ2n) is 8.70. The highest BCUT2D eigenvalue weighted by atomic mass is 32.1. The number of thiophene rings is 1. The van der Waals surface area contributed by atoms with Gasteiger partial charge < -0.3 is 4.98 Å². The summed E-state index contributed by atoms with van der Waals surface area (Å²) in [6.07, 6.45) is 0. The SMILES string of the molecule is CC1(C)c2ccccc2-c2cc3[nH]c4ccc5c6ccccc6sc5c4c3cc21. The Bertz CT molecular complexity index is 1630. The zero-order chi connectivity index (χ0) is 19.3. The molecule has 1 aliphatic rings. The number of rotatable bonds is 0. The lowest BCUT2D eigenvalue weighted by Crippen LogP contribution is -2.14. The van der Waals surface area contributed by atoms with E-state index in [-0.39, 0.29) is 5.41 Å². The molecule has 0 amide bonds. The standard InChI is InChI=1S/C27H19NS/c1-27(2)20-9-5-3-7-15(20)18-14-23-19(13-21(18)27)25-22(28-23)12-11-17-16-8-4-6-10-24(16)29-26(17)25/h3-14,28H,1-2H3. The van der Waals surface area contributed by atoms with E-state index in [0.29, 0.717) is 0 Å². The van der Waals surface area contributed by atoms with E-state index in [9.17, 15) is 0 Å². The molecule has 0 atom stereocenters. The Labute approximate surface area is 172 Å². The van der Waals surface area contributed by atoms with Crippen molar-refractivity contribution in [1.29, 1.82) is 0 Å². The van der Waals surface area contributed by atoms with E-state index in [1.54, 1.807) is 0 Å². The van der Waals surface area contributed by atoms with Gasteiger partial charge in [-0.3, -0.25) is 0 Å². The minimum absolute atomic E-state index is 0.0256. The average molecular weight is 390 g/mol. The van der Waals surface area contributed by atoms with Crippen molar-refractivity contribution in [2.24, 2.45) is 0 Å². The molecule has 0 aliphatic heterocycles. The van der Waals surface area contributed by atoms with Crippen LogP contribution in [0.5, 0.6) is 0 Å². The first kappa shape index (κ1) is 15.8. The van der Waals surface area contributed by atoms with E-state index in [4.69, 9.17) is 0 Å². The molecule has 0 saturated heterocycles. The zero-order valence-electron chi connectivity index (χ0n) is 16.3. The summed E-state index contributed by atoms with van der Waals surface area (Å²) in [5.41, 5.74) is 8.10. The number of aromatic amines is 1. The second-order valence-corrected chi connectivity index (χ2v) is 9.75. The fourth-order valence-corrected chi connectivity index (χ4v) is 6.63. The van der Waals surface area contributed by atoms with Crippen LogP contribution < -0.4 is 0 Å². The van der Waals surface area contributed by atoms with E-state index >= 15 is 0 Å². The Balaban J connectivity index is 1.66. The highest BCUT2D eigenvalue weighted by Gasteiger charge is 2.35. The normalized spacial score (nSPS) is 14.8. The van der Waals surface area contributed by atoms with Crippen molar-refractivity contribution in [3.63, 3.8) is 0 Å². The molecular formula is C27H19NS. The quantitative estimate of drug-likeness (QED) is 0.271. The molecule has 1 N–H and O–H groups in total. The lowest BCUT2D eigenvalue weighted by Gasteiger charge is -2.21. The molecule has 7 rings (SSSR count). The van der Waals surface area contributed by atoms with Gasteiger partial charge >= 0.3 is 0 Å². The summed E-state index contributed by atoms with van der Waals surface area (Å²) >= 11 is 1.91. The molecule has 2 heteroatoms. The van der Waals surface area contributed by atoms with Gasteiger partial charge in [0.25, 0.3) is 0 Å². The summed E-state index contributed by atoms with van der Waals surface area (Å²) < 4.78 is 2.75. The topological polar surface area (TPSA) is 15.8 Å². The molecule has 2 heterocycles. The van der Waals surface area contributed by atoms with Crippen molar-refractivity contribution in [3.05, 3.63) is 83.9 Å². The molecule has 0 spiro atoms. The summed E-state index contributed by atoms with van der Waals surface area (Å²) in [6, 6.07) is 27.0. The van der Waals surface area contributed by atoms with Crippen LogP contribution in [0, 0.1) is 0 Å². The van der Waals surface area contributed by atoms with Crippen LogP contribution >= 0.6 is 11.3 Å². The average Bonchev–Trinajstić information content (AvgIpc) is 3.35. The molecule has 0 bridgehead atoms. The molecule has 2 aromatic heterocycles. The molecule has 0 radical (unpaired) electrons. The van der Waals surface area contributed by atoms with Crippen LogP contribution in [0.2, 0.25) is 0 Å². The maximum Gasteiger partial charge on any atom is 0.0479 e. The van der Waals surface area contributed by atoms with Gasteiger partial charge in [0.1, 0.15) is 0 Å². The van der Waals surface area contributed by atoms with Gasteiger partial charge in [-0.2, -0.15) is 0 Å². The Morgan fingerprint density at radius 3 is 2.45 bits per heavy atom. The zero-order valence-corrected chi connectivity index (χ0v) is 17.2. The Kier molecular flexibility index (Phi) is 2.77. The van der Waals surface area contributed by atoms with Crippen molar-refractivity contribution in [1.82, 2.24) is 4.98 Å². The largest absolute Gasteiger partial charge is 0.354 e. The molecule has 6 aromatic rings. The summed E-state index contributed by atoms with van der Waals surface area (Å²) in [4.78, 5) is 3.71. The minimum atomic E-state index is 0.0256. The number of H-pyrrole nitrogens is 1. The number of nitrogens with one attached hydrogen (secondary N) is 1. The number of fused-ring (bicyclic) bond motifs is 10. The Hall–Kier alpha value is -3.10. The lowest BCUT2D eigenvalue weighted by atomic mass is 9.82. The molecule has 0 fully saturated rings. The van der Waals surface area contributed by atoms with E-state index < -0.39 is 0 Å². The fraction of sp³-hybridized carbons (Fsp3) is 0.111. The first-order chi connectivity index (χ1) is 14.1. The summed E-state index contributed by atoms with van der Waals surface area (Å²) in [5, 5.41) is 5.43. The van der Waals surface area contributed by atoms with E-state index in [1.807, 2.05) is 11.3 Å². The second kappa shape index (κ2) is 5.08. The van der Waals surface area contributed by atoms with Gasteiger partial charge in [-0.1, -0.05) is 62.4 Å². The van der Waals surface area contributed by atoms with Gasteiger partial charge in [0, 0.05) is 47.4 Å². The molecule has 0 saturated carbocycles. The highest BCUT2D eigenvalue weighted by Crippen LogP contribution is 2.51. The van der Waals surface area contributed by atoms with Crippen LogP contribution in [0.15, 0.2) is 72.8 Å². The van der Waals surface area contributed by atoms with Crippen LogP contribution in [0.3, 0.4) is 0 Å². The first-order valence-electron chi connectivity index (χ1n) is 10.1. The summed E-state index contributed by atoms with van der Waals surface area (Å²) in [7, 11) is 0. The predicted molar refractivity (Wildman–Crippen MR) is 126 cm³/mol. The number of hydrogen-bond donors (Lipinski definition) is 1. The lowest BCUT2D eigenvalue weighted by molar-refractivity contribution is 0.661. The van der Waals surface area contributed by atoms with Gasteiger partial charge in [-0.15, -0.1) is 11.3 Å². The predicted octanol–water partition coefficient (Wildman–Crippen LogP) is 8.00.